The fraction of sp³-hybridized carbons (Fsp3) is 0.133. The van der Waals surface area contributed by atoms with E-state index in [4.69, 9.17) is 4.52 Å². The predicted octanol–water partition coefficient (Wildman–Crippen LogP) is 3.40. The average Bonchev–Trinajstić information content (AvgIpc) is 3.10. The topological polar surface area (TPSA) is 56.7 Å². The number of aromatic nitrogens is 4. The van der Waals surface area contributed by atoms with Gasteiger partial charge in [-0.3, -0.25) is 0 Å². The molecule has 4 aromatic rings. The average molecular weight is 282 g/mol. The first-order valence-electron chi connectivity index (χ1n) is 6.63. The molecule has 0 bridgehead atoms. The van der Waals surface area contributed by atoms with Crippen LogP contribution in [0, 0.1) is 5.82 Å². The molecule has 0 fully saturated rings. The van der Waals surface area contributed by atoms with Crippen molar-refractivity contribution in [2.75, 3.05) is 0 Å². The maximum absolute atomic E-state index is 13.4. The van der Waals surface area contributed by atoms with Crippen molar-refractivity contribution in [2.45, 2.75) is 13.5 Å². The van der Waals surface area contributed by atoms with Crippen LogP contribution in [0.1, 0.15) is 6.92 Å². The number of rotatable bonds is 2. The summed E-state index contributed by atoms with van der Waals surface area (Å²) in [5.74, 6) is 0.202. The normalized spacial score (nSPS) is 11.5. The second kappa shape index (κ2) is 4.37. The smallest absolute Gasteiger partial charge is 0.176 e. The van der Waals surface area contributed by atoms with Crippen LogP contribution in [0.15, 0.2) is 41.2 Å². The Balaban J connectivity index is 2.01. The monoisotopic (exact) mass is 282 g/mol. The number of benzene rings is 1. The van der Waals surface area contributed by atoms with E-state index in [0.717, 1.165) is 23.0 Å². The fourth-order valence-corrected chi connectivity index (χ4v) is 2.49. The third-order valence-electron chi connectivity index (χ3n) is 3.50. The van der Waals surface area contributed by atoms with E-state index in [1.54, 1.807) is 29.2 Å². The lowest BCUT2D eigenvalue weighted by molar-refractivity contribution is 0.441. The predicted molar refractivity (Wildman–Crippen MR) is 76.2 cm³/mol. The summed E-state index contributed by atoms with van der Waals surface area (Å²) in [6.45, 7) is 2.73. The summed E-state index contributed by atoms with van der Waals surface area (Å²) in [4.78, 5) is 4.43. The molecule has 0 N–H and O–H groups in total. The van der Waals surface area contributed by atoms with Crippen LogP contribution in [-0.4, -0.2) is 19.9 Å². The van der Waals surface area contributed by atoms with Crippen LogP contribution >= 0.6 is 0 Å². The lowest BCUT2D eigenvalue weighted by atomic mass is 10.1. The van der Waals surface area contributed by atoms with Crippen LogP contribution < -0.4 is 0 Å². The van der Waals surface area contributed by atoms with Gasteiger partial charge in [0.1, 0.15) is 11.3 Å². The maximum Gasteiger partial charge on any atom is 0.176 e. The number of nitrogens with zero attached hydrogens (tertiary/aromatic N) is 4. The molecule has 0 amide bonds. The van der Waals surface area contributed by atoms with Crippen molar-refractivity contribution < 1.29 is 8.91 Å². The minimum atomic E-state index is -0.315. The highest BCUT2D eigenvalue weighted by atomic mass is 19.1. The first-order chi connectivity index (χ1) is 10.3. The molecule has 4 rings (SSSR count). The summed E-state index contributed by atoms with van der Waals surface area (Å²) >= 11 is 0. The van der Waals surface area contributed by atoms with E-state index in [1.165, 1.54) is 12.1 Å². The first-order valence-corrected chi connectivity index (χ1v) is 6.63. The molecular weight excluding hydrogens is 271 g/mol. The van der Waals surface area contributed by atoms with Crippen molar-refractivity contribution in [1.29, 1.82) is 0 Å². The third-order valence-corrected chi connectivity index (χ3v) is 3.50. The lowest BCUT2D eigenvalue weighted by Crippen LogP contribution is -1.96. The molecule has 1 aromatic carbocycles. The third kappa shape index (κ3) is 1.72. The van der Waals surface area contributed by atoms with Gasteiger partial charge in [0.15, 0.2) is 11.4 Å². The van der Waals surface area contributed by atoms with E-state index >= 15 is 0 Å². The standard InChI is InChI=1S/C15H11FN4O/c1-2-20-15-12(8-18-20)13-11(7-17-15)14(21-19-13)9-4-3-5-10(16)6-9/h3-8H,2H2,1H3. The van der Waals surface area contributed by atoms with Crippen LogP contribution in [0.5, 0.6) is 0 Å². The van der Waals surface area contributed by atoms with Crippen LogP contribution in [-0.2, 0) is 6.54 Å². The van der Waals surface area contributed by atoms with Gasteiger partial charge in [-0.15, -0.1) is 0 Å². The van der Waals surface area contributed by atoms with E-state index in [1.807, 2.05) is 6.92 Å². The molecule has 6 heteroatoms. The van der Waals surface area contributed by atoms with Gasteiger partial charge in [-0.1, -0.05) is 17.3 Å². The van der Waals surface area contributed by atoms with E-state index in [-0.39, 0.29) is 5.82 Å². The van der Waals surface area contributed by atoms with Gasteiger partial charge < -0.3 is 4.52 Å². The summed E-state index contributed by atoms with van der Waals surface area (Å²) < 4.78 is 20.6. The Morgan fingerprint density at radius 1 is 1.24 bits per heavy atom. The minimum absolute atomic E-state index is 0.315. The number of hydrogen-bond acceptors (Lipinski definition) is 4. The van der Waals surface area contributed by atoms with E-state index in [9.17, 15) is 4.39 Å². The van der Waals surface area contributed by atoms with E-state index < -0.39 is 0 Å². The first kappa shape index (κ1) is 12.0. The van der Waals surface area contributed by atoms with E-state index in [0.29, 0.717) is 16.8 Å². The zero-order chi connectivity index (χ0) is 14.4. The van der Waals surface area contributed by atoms with Gasteiger partial charge in [-0.25, -0.2) is 14.1 Å². The van der Waals surface area contributed by atoms with Crippen molar-refractivity contribution in [2.24, 2.45) is 0 Å². The van der Waals surface area contributed by atoms with Gasteiger partial charge in [-0.05, 0) is 19.1 Å². The molecule has 0 unspecified atom stereocenters. The summed E-state index contributed by atoms with van der Waals surface area (Å²) in [6, 6.07) is 6.23. The summed E-state index contributed by atoms with van der Waals surface area (Å²) in [6.07, 6.45) is 3.42. The SMILES string of the molecule is CCn1ncc2c3noc(-c4cccc(F)c4)c3cnc21. The minimum Gasteiger partial charge on any atom is -0.355 e. The molecule has 3 aromatic heterocycles. The molecular formula is C15H11FN4O. The van der Waals surface area contributed by atoms with Crippen molar-refractivity contribution >= 4 is 21.9 Å². The van der Waals surface area contributed by atoms with Crippen molar-refractivity contribution in [3.8, 4) is 11.3 Å². The lowest BCUT2D eigenvalue weighted by Gasteiger charge is -1.98. The molecule has 21 heavy (non-hydrogen) atoms. The molecule has 0 atom stereocenters. The quantitative estimate of drug-likeness (QED) is 0.565. The zero-order valence-corrected chi connectivity index (χ0v) is 11.2. The van der Waals surface area contributed by atoms with Crippen molar-refractivity contribution in [1.82, 2.24) is 19.9 Å². The highest BCUT2D eigenvalue weighted by Gasteiger charge is 2.16. The second-order valence-corrected chi connectivity index (χ2v) is 4.74. The summed E-state index contributed by atoms with van der Waals surface area (Å²) in [5.41, 5.74) is 2.10. The zero-order valence-electron chi connectivity index (χ0n) is 11.2. The van der Waals surface area contributed by atoms with Gasteiger partial charge >= 0.3 is 0 Å². The van der Waals surface area contributed by atoms with Gasteiger partial charge in [0.05, 0.1) is 17.0 Å². The Morgan fingerprint density at radius 3 is 2.95 bits per heavy atom. The van der Waals surface area contributed by atoms with Gasteiger partial charge in [0.25, 0.3) is 0 Å². The Hall–Kier alpha value is -2.76. The Labute approximate surface area is 119 Å². The molecule has 5 nitrogen and oxygen atoms in total. The number of halogens is 1. The van der Waals surface area contributed by atoms with Gasteiger partial charge in [-0.2, -0.15) is 5.10 Å². The van der Waals surface area contributed by atoms with E-state index in [2.05, 4.69) is 15.2 Å². The van der Waals surface area contributed by atoms with Gasteiger partial charge in [0.2, 0.25) is 0 Å². The van der Waals surface area contributed by atoms with Crippen molar-refractivity contribution in [3.63, 3.8) is 0 Å². The Kier molecular flexibility index (Phi) is 2.50. The number of hydrogen-bond donors (Lipinski definition) is 0. The highest BCUT2D eigenvalue weighted by Crippen LogP contribution is 2.31. The number of aryl methyl sites for hydroxylation is 1. The molecule has 0 aliphatic carbocycles. The highest BCUT2D eigenvalue weighted by molar-refractivity contribution is 6.05. The number of pyridine rings is 1. The van der Waals surface area contributed by atoms with Crippen LogP contribution in [0.4, 0.5) is 4.39 Å². The molecule has 0 radical (unpaired) electrons. The van der Waals surface area contributed by atoms with Crippen LogP contribution in [0.3, 0.4) is 0 Å². The number of fused-ring (bicyclic) bond motifs is 3. The summed E-state index contributed by atoms with van der Waals surface area (Å²) in [5, 5.41) is 9.97. The van der Waals surface area contributed by atoms with Crippen molar-refractivity contribution in [3.05, 3.63) is 42.5 Å². The Bertz CT molecular complexity index is 957. The molecule has 104 valence electrons. The van der Waals surface area contributed by atoms with Crippen LogP contribution in [0.25, 0.3) is 33.3 Å². The largest absolute Gasteiger partial charge is 0.355 e. The fourth-order valence-electron chi connectivity index (χ4n) is 2.49. The van der Waals surface area contributed by atoms with Gasteiger partial charge in [0, 0.05) is 18.3 Å². The summed E-state index contributed by atoms with van der Waals surface area (Å²) in [7, 11) is 0. The molecule has 0 spiro atoms. The molecule has 0 aliphatic heterocycles. The molecule has 0 saturated carbocycles. The maximum atomic E-state index is 13.4. The molecule has 0 aliphatic rings. The molecule has 0 saturated heterocycles. The Morgan fingerprint density at radius 2 is 2.14 bits per heavy atom. The van der Waals surface area contributed by atoms with Crippen LogP contribution in [0.2, 0.25) is 0 Å². The molecule has 3 heterocycles. The second-order valence-electron chi connectivity index (χ2n) is 4.74.